The highest BCUT2D eigenvalue weighted by molar-refractivity contribution is 7.86. The lowest BCUT2D eigenvalue weighted by atomic mass is 10.1. The third-order valence-corrected chi connectivity index (χ3v) is 3.23. The number of hydrogen-bond donors (Lipinski definition) is 2. The molecule has 13 heavy (non-hydrogen) atoms. The molecule has 0 aliphatic carbocycles. The van der Waals surface area contributed by atoms with Crippen molar-refractivity contribution in [3.63, 3.8) is 0 Å². The van der Waals surface area contributed by atoms with Gasteiger partial charge in [0.25, 0.3) is 10.1 Å². The summed E-state index contributed by atoms with van der Waals surface area (Å²) in [6.45, 7) is 1.57. The molecule has 0 amide bonds. The number of aliphatic hydroxyl groups is 1. The molecule has 0 aromatic carbocycles. The first-order chi connectivity index (χ1) is 6.02. The number of unbranched alkanes of at least 4 members (excludes halogenated alkanes) is 3. The Morgan fingerprint density at radius 2 is 1.85 bits per heavy atom. The first kappa shape index (κ1) is 12.9. The Morgan fingerprint density at radius 3 is 2.23 bits per heavy atom. The molecule has 0 aliphatic heterocycles. The summed E-state index contributed by atoms with van der Waals surface area (Å²) in [4.78, 5) is 0. The van der Waals surface area contributed by atoms with E-state index in [2.05, 4.69) is 6.92 Å². The molecule has 80 valence electrons. The molecule has 0 rings (SSSR count). The summed E-state index contributed by atoms with van der Waals surface area (Å²) in [5, 5.41) is 7.68. The van der Waals surface area contributed by atoms with Crippen LogP contribution in [-0.2, 0) is 10.1 Å². The highest BCUT2D eigenvalue weighted by atomic mass is 32.2. The van der Waals surface area contributed by atoms with Crippen molar-refractivity contribution in [3.8, 4) is 0 Å². The van der Waals surface area contributed by atoms with Gasteiger partial charge in [0.2, 0.25) is 0 Å². The predicted octanol–water partition coefficient (Wildman–Crippen LogP) is 1.21. The molecule has 0 heterocycles. The van der Waals surface area contributed by atoms with Gasteiger partial charge in [-0.15, -0.1) is 0 Å². The van der Waals surface area contributed by atoms with Gasteiger partial charge in [-0.05, 0) is 6.42 Å². The topological polar surface area (TPSA) is 74.6 Å². The van der Waals surface area contributed by atoms with E-state index in [1.807, 2.05) is 0 Å². The molecule has 0 aromatic rings. The normalized spacial score (nSPS) is 14.4. The molecule has 0 spiro atoms. The van der Waals surface area contributed by atoms with E-state index in [0.717, 1.165) is 25.7 Å². The molecule has 0 fully saturated rings. The van der Waals surface area contributed by atoms with Crippen molar-refractivity contribution in [1.29, 1.82) is 0 Å². The maximum atomic E-state index is 10.6. The molecular formula is C8H18O4S. The summed E-state index contributed by atoms with van der Waals surface area (Å²) < 4.78 is 29.9. The third kappa shape index (κ3) is 6.01. The zero-order chi connectivity index (χ0) is 10.3. The average Bonchev–Trinajstić information content (AvgIpc) is 2.02. The van der Waals surface area contributed by atoms with Crippen molar-refractivity contribution < 1.29 is 18.1 Å². The van der Waals surface area contributed by atoms with E-state index in [4.69, 9.17) is 9.66 Å². The van der Waals surface area contributed by atoms with E-state index in [1.165, 1.54) is 0 Å². The van der Waals surface area contributed by atoms with Crippen LogP contribution in [0.4, 0.5) is 0 Å². The summed E-state index contributed by atoms with van der Waals surface area (Å²) >= 11 is 0. The minimum absolute atomic E-state index is 0.343. The molecule has 0 saturated carbocycles. The van der Waals surface area contributed by atoms with Crippen LogP contribution >= 0.6 is 0 Å². The largest absolute Gasteiger partial charge is 0.395 e. The van der Waals surface area contributed by atoms with Crippen LogP contribution in [-0.4, -0.2) is 29.9 Å². The van der Waals surface area contributed by atoms with Crippen molar-refractivity contribution in [2.45, 2.75) is 44.3 Å². The maximum Gasteiger partial charge on any atom is 0.270 e. The van der Waals surface area contributed by atoms with E-state index in [0.29, 0.717) is 6.42 Å². The Labute approximate surface area is 79.7 Å². The molecule has 2 N–H and O–H groups in total. The molecule has 0 aliphatic rings. The maximum absolute atomic E-state index is 10.6. The molecule has 1 atom stereocenters. The fourth-order valence-electron chi connectivity index (χ4n) is 1.13. The molecule has 5 heteroatoms. The van der Waals surface area contributed by atoms with Crippen molar-refractivity contribution in [1.82, 2.24) is 0 Å². The van der Waals surface area contributed by atoms with Gasteiger partial charge >= 0.3 is 0 Å². The Bertz CT molecular complexity index is 210. The van der Waals surface area contributed by atoms with E-state index >= 15 is 0 Å². The first-order valence-electron chi connectivity index (χ1n) is 4.59. The lowest BCUT2D eigenvalue weighted by Crippen LogP contribution is -2.24. The van der Waals surface area contributed by atoms with Crippen LogP contribution in [0.1, 0.15) is 39.0 Å². The Morgan fingerprint density at radius 1 is 1.23 bits per heavy atom. The van der Waals surface area contributed by atoms with Crippen LogP contribution in [0.25, 0.3) is 0 Å². The van der Waals surface area contributed by atoms with Crippen LogP contribution in [0, 0.1) is 0 Å². The van der Waals surface area contributed by atoms with E-state index in [1.54, 1.807) is 0 Å². The molecular weight excluding hydrogens is 192 g/mol. The van der Waals surface area contributed by atoms with Crippen LogP contribution in [0.5, 0.6) is 0 Å². The molecule has 0 aromatic heterocycles. The Kier molecular flexibility index (Phi) is 6.28. The fraction of sp³-hybridized carbons (Fsp3) is 1.00. The summed E-state index contributed by atoms with van der Waals surface area (Å²) in [7, 11) is -4.05. The SMILES string of the molecule is CCCCCCC(CO)S(=O)(=O)O. The van der Waals surface area contributed by atoms with Gasteiger partial charge in [0, 0.05) is 0 Å². The molecule has 0 saturated heterocycles. The van der Waals surface area contributed by atoms with Crippen LogP contribution < -0.4 is 0 Å². The first-order valence-corrected chi connectivity index (χ1v) is 6.09. The Balaban J connectivity index is 3.74. The molecule has 4 nitrogen and oxygen atoms in total. The minimum atomic E-state index is -4.05. The van der Waals surface area contributed by atoms with E-state index < -0.39 is 22.0 Å². The molecule has 0 radical (unpaired) electrons. The summed E-state index contributed by atoms with van der Waals surface area (Å²) in [5.74, 6) is 0. The van der Waals surface area contributed by atoms with Gasteiger partial charge in [-0.3, -0.25) is 4.55 Å². The van der Waals surface area contributed by atoms with Crippen molar-refractivity contribution in [2.75, 3.05) is 6.61 Å². The van der Waals surface area contributed by atoms with Gasteiger partial charge in [-0.1, -0.05) is 32.6 Å². The smallest absolute Gasteiger partial charge is 0.270 e. The van der Waals surface area contributed by atoms with Gasteiger partial charge < -0.3 is 5.11 Å². The van der Waals surface area contributed by atoms with Gasteiger partial charge in [0.15, 0.2) is 0 Å². The van der Waals surface area contributed by atoms with Gasteiger partial charge in [0.1, 0.15) is 5.25 Å². The molecule has 0 bridgehead atoms. The lowest BCUT2D eigenvalue weighted by molar-refractivity contribution is 0.276. The zero-order valence-corrected chi connectivity index (χ0v) is 8.76. The van der Waals surface area contributed by atoms with Crippen molar-refractivity contribution in [3.05, 3.63) is 0 Å². The van der Waals surface area contributed by atoms with Crippen LogP contribution in [0.2, 0.25) is 0 Å². The third-order valence-electron chi connectivity index (χ3n) is 2.00. The van der Waals surface area contributed by atoms with Crippen LogP contribution in [0.15, 0.2) is 0 Å². The predicted molar refractivity (Wildman–Crippen MR) is 51.2 cm³/mol. The van der Waals surface area contributed by atoms with Crippen molar-refractivity contribution in [2.24, 2.45) is 0 Å². The molecule has 1 unspecified atom stereocenters. The Hall–Kier alpha value is -0.130. The fourth-order valence-corrected chi connectivity index (χ4v) is 1.79. The van der Waals surface area contributed by atoms with Gasteiger partial charge in [-0.25, -0.2) is 0 Å². The summed E-state index contributed by atoms with van der Waals surface area (Å²) in [6.07, 6.45) is 4.16. The van der Waals surface area contributed by atoms with Gasteiger partial charge in [-0.2, -0.15) is 8.42 Å². The van der Waals surface area contributed by atoms with E-state index in [-0.39, 0.29) is 0 Å². The van der Waals surface area contributed by atoms with E-state index in [9.17, 15) is 8.42 Å². The monoisotopic (exact) mass is 210 g/mol. The van der Waals surface area contributed by atoms with Crippen LogP contribution in [0.3, 0.4) is 0 Å². The number of aliphatic hydroxyl groups excluding tert-OH is 1. The highest BCUT2D eigenvalue weighted by Crippen LogP contribution is 2.10. The van der Waals surface area contributed by atoms with Crippen molar-refractivity contribution >= 4 is 10.1 Å². The minimum Gasteiger partial charge on any atom is -0.395 e. The summed E-state index contributed by atoms with van der Waals surface area (Å²) in [6, 6.07) is 0. The lowest BCUT2D eigenvalue weighted by Gasteiger charge is -2.09. The van der Waals surface area contributed by atoms with Gasteiger partial charge in [0.05, 0.1) is 6.61 Å². The number of hydrogen-bond acceptors (Lipinski definition) is 3. The zero-order valence-electron chi connectivity index (χ0n) is 7.94. The second-order valence-electron chi connectivity index (χ2n) is 3.17. The summed E-state index contributed by atoms with van der Waals surface area (Å²) in [5.41, 5.74) is 0. The number of rotatable bonds is 7. The second kappa shape index (κ2) is 6.34. The quantitative estimate of drug-likeness (QED) is 0.489. The second-order valence-corrected chi connectivity index (χ2v) is 4.87. The highest BCUT2D eigenvalue weighted by Gasteiger charge is 2.20. The average molecular weight is 210 g/mol. The standard InChI is InChI=1S/C8H18O4S/c1-2-3-4-5-6-8(7-9)13(10,11)12/h8-9H,2-7H2,1H3,(H,10,11,12).